The van der Waals surface area contributed by atoms with E-state index in [0.717, 1.165) is 31.5 Å². The number of carbonyl (C=O) groups is 2. The smallest absolute Gasteiger partial charge is 0.251 e. The summed E-state index contributed by atoms with van der Waals surface area (Å²) in [6, 6.07) is 5.64. The highest BCUT2D eigenvalue weighted by Crippen LogP contribution is 2.40. The van der Waals surface area contributed by atoms with Crippen LogP contribution in [0.1, 0.15) is 69.7 Å². The van der Waals surface area contributed by atoms with E-state index in [1.165, 1.54) is 12.8 Å². The van der Waals surface area contributed by atoms with Crippen molar-refractivity contribution in [3.63, 3.8) is 0 Å². The van der Waals surface area contributed by atoms with Crippen LogP contribution >= 0.6 is 0 Å². The monoisotopic (exact) mass is 538 g/mol. The van der Waals surface area contributed by atoms with Crippen LogP contribution in [0.25, 0.3) is 0 Å². The topological polar surface area (TPSA) is 109 Å². The largest absolute Gasteiger partial charge is 0.495 e. The zero-order valence-electron chi connectivity index (χ0n) is 24.0. The zero-order valence-corrected chi connectivity index (χ0v) is 24.0. The van der Waals surface area contributed by atoms with Gasteiger partial charge < -0.3 is 29.9 Å². The number of aromatic nitrogens is 2. The second-order valence-corrected chi connectivity index (χ2v) is 11.1. The van der Waals surface area contributed by atoms with Crippen molar-refractivity contribution < 1.29 is 19.1 Å². The van der Waals surface area contributed by atoms with E-state index in [0.29, 0.717) is 47.8 Å². The summed E-state index contributed by atoms with van der Waals surface area (Å²) in [5.41, 5.74) is 1.31. The predicted molar refractivity (Wildman–Crippen MR) is 153 cm³/mol. The molecule has 2 aliphatic rings. The molecule has 1 aliphatic carbocycles. The molecule has 0 radical (unpaired) electrons. The standard InChI is InChI=1S/C29H42N6O4/c1-7-20(14-15-38-5)31-26(36)19-12-13-22(24(16-19)39-6)32-28-30-17-23-25(33-28)35(21-10-8-9-11-21)18-29(2,3)27(37)34(23)4/h12-13,16-17,20-21H,7-11,14-15,18H2,1-6H3,(H,31,36)(H,30,32,33). The van der Waals surface area contributed by atoms with Crippen LogP contribution in [0.4, 0.5) is 23.1 Å². The molecular weight excluding hydrogens is 496 g/mol. The van der Waals surface area contributed by atoms with Crippen molar-refractivity contribution in [3.05, 3.63) is 30.0 Å². The number of anilines is 4. The van der Waals surface area contributed by atoms with Crippen molar-refractivity contribution in [3.8, 4) is 5.75 Å². The van der Waals surface area contributed by atoms with Crippen molar-refractivity contribution in [1.29, 1.82) is 0 Å². The van der Waals surface area contributed by atoms with Crippen molar-refractivity contribution in [2.75, 3.05) is 49.5 Å². The van der Waals surface area contributed by atoms with Gasteiger partial charge in [0.1, 0.15) is 11.4 Å². The Morgan fingerprint density at radius 3 is 2.64 bits per heavy atom. The maximum Gasteiger partial charge on any atom is 0.251 e. The molecule has 1 aromatic heterocycles. The Bertz CT molecular complexity index is 1180. The molecule has 2 aromatic rings. The first kappa shape index (κ1) is 28.6. The van der Waals surface area contributed by atoms with Gasteiger partial charge in [0.15, 0.2) is 5.82 Å². The molecule has 0 bridgehead atoms. The quantitative estimate of drug-likeness (QED) is 0.454. The molecule has 2 amide bonds. The summed E-state index contributed by atoms with van der Waals surface area (Å²) in [6.07, 6.45) is 7.81. The number of nitrogens with one attached hydrogen (secondary N) is 2. The fourth-order valence-electron chi connectivity index (χ4n) is 5.49. The molecule has 4 rings (SSSR count). The number of benzene rings is 1. The van der Waals surface area contributed by atoms with E-state index in [1.54, 1.807) is 50.6 Å². The lowest BCUT2D eigenvalue weighted by atomic mass is 9.91. The second-order valence-electron chi connectivity index (χ2n) is 11.1. The van der Waals surface area contributed by atoms with Gasteiger partial charge in [-0.3, -0.25) is 9.59 Å². The highest BCUT2D eigenvalue weighted by atomic mass is 16.5. The average Bonchev–Trinajstić information content (AvgIpc) is 3.46. The molecule has 39 heavy (non-hydrogen) atoms. The van der Waals surface area contributed by atoms with Gasteiger partial charge in [-0.2, -0.15) is 4.98 Å². The van der Waals surface area contributed by atoms with Gasteiger partial charge in [-0.25, -0.2) is 4.98 Å². The number of rotatable bonds is 10. The zero-order chi connectivity index (χ0) is 28.2. The highest BCUT2D eigenvalue weighted by Gasteiger charge is 2.41. The summed E-state index contributed by atoms with van der Waals surface area (Å²) < 4.78 is 10.8. The Morgan fingerprint density at radius 1 is 1.23 bits per heavy atom. The Hall–Kier alpha value is -3.40. The molecule has 1 saturated carbocycles. The second kappa shape index (κ2) is 12.2. The number of methoxy groups -OCH3 is 2. The lowest BCUT2D eigenvalue weighted by Gasteiger charge is -2.34. The summed E-state index contributed by atoms with van der Waals surface area (Å²) in [7, 11) is 5.02. The molecule has 1 atom stereocenters. The van der Waals surface area contributed by atoms with Crippen LogP contribution in [0.15, 0.2) is 24.4 Å². The summed E-state index contributed by atoms with van der Waals surface area (Å²) in [6.45, 7) is 7.22. The van der Waals surface area contributed by atoms with Gasteiger partial charge in [0.05, 0.1) is 24.4 Å². The molecule has 1 aromatic carbocycles. The minimum atomic E-state index is -0.550. The summed E-state index contributed by atoms with van der Waals surface area (Å²) >= 11 is 0. The third-order valence-corrected chi connectivity index (χ3v) is 7.81. The van der Waals surface area contributed by atoms with Crippen LogP contribution in [0.2, 0.25) is 0 Å². The Balaban J connectivity index is 1.60. The normalized spacial score (nSPS) is 17.9. The first-order chi connectivity index (χ1) is 18.7. The molecule has 2 N–H and O–H groups in total. The number of ether oxygens (including phenoxy) is 2. The summed E-state index contributed by atoms with van der Waals surface area (Å²) in [4.78, 5) is 39.6. The van der Waals surface area contributed by atoms with Crippen LogP contribution in [0.5, 0.6) is 5.75 Å². The molecule has 10 heteroatoms. The number of amides is 2. The van der Waals surface area contributed by atoms with E-state index < -0.39 is 5.41 Å². The molecule has 1 aliphatic heterocycles. The van der Waals surface area contributed by atoms with Crippen LogP contribution < -0.4 is 25.2 Å². The fourth-order valence-corrected chi connectivity index (χ4v) is 5.49. The van der Waals surface area contributed by atoms with Crippen LogP contribution in [0.3, 0.4) is 0 Å². The van der Waals surface area contributed by atoms with E-state index in [4.69, 9.17) is 14.5 Å². The first-order valence-corrected chi connectivity index (χ1v) is 13.8. The van der Waals surface area contributed by atoms with Crippen LogP contribution in [-0.4, -0.2) is 68.3 Å². The molecule has 0 saturated heterocycles. The predicted octanol–water partition coefficient (Wildman–Crippen LogP) is 4.53. The van der Waals surface area contributed by atoms with Gasteiger partial charge in [0, 0.05) is 45.0 Å². The first-order valence-electron chi connectivity index (χ1n) is 13.8. The van der Waals surface area contributed by atoms with Gasteiger partial charge in [-0.1, -0.05) is 19.8 Å². The number of hydrogen-bond donors (Lipinski definition) is 2. The Kier molecular flexibility index (Phi) is 8.94. The molecule has 10 nitrogen and oxygen atoms in total. The van der Waals surface area contributed by atoms with Crippen molar-refractivity contribution in [2.45, 2.75) is 71.4 Å². The van der Waals surface area contributed by atoms with Gasteiger partial charge in [0.2, 0.25) is 11.9 Å². The summed E-state index contributed by atoms with van der Waals surface area (Å²) in [5.74, 6) is 1.56. The van der Waals surface area contributed by atoms with E-state index in [1.807, 2.05) is 20.8 Å². The van der Waals surface area contributed by atoms with Crippen molar-refractivity contribution in [1.82, 2.24) is 15.3 Å². The number of nitrogens with zero attached hydrogens (tertiary/aromatic N) is 4. The molecule has 2 heterocycles. The molecule has 212 valence electrons. The number of hydrogen-bond acceptors (Lipinski definition) is 8. The number of fused-ring (bicyclic) bond motifs is 1. The molecular formula is C29H42N6O4. The minimum Gasteiger partial charge on any atom is -0.495 e. The van der Waals surface area contributed by atoms with E-state index in [-0.39, 0.29) is 17.9 Å². The maximum absolute atomic E-state index is 13.2. The van der Waals surface area contributed by atoms with Gasteiger partial charge in [-0.05, 0) is 57.7 Å². The highest BCUT2D eigenvalue weighted by molar-refractivity contribution is 6.01. The molecule has 1 unspecified atom stereocenters. The Labute approximate surface area is 231 Å². The van der Waals surface area contributed by atoms with Crippen LogP contribution in [-0.2, 0) is 9.53 Å². The molecule has 0 spiro atoms. The SMILES string of the molecule is CCC(CCOC)NC(=O)c1ccc(Nc2ncc3c(n2)N(C2CCCC2)CC(C)(C)C(=O)N3C)c(OC)c1. The van der Waals surface area contributed by atoms with Gasteiger partial charge >= 0.3 is 0 Å². The van der Waals surface area contributed by atoms with Gasteiger partial charge in [-0.15, -0.1) is 0 Å². The van der Waals surface area contributed by atoms with E-state index in [9.17, 15) is 9.59 Å². The van der Waals surface area contributed by atoms with Gasteiger partial charge in [0.25, 0.3) is 5.91 Å². The van der Waals surface area contributed by atoms with E-state index >= 15 is 0 Å². The fraction of sp³-hybridized carbons (Fsp3) is 0.586. The molecule has 1 fully saturated rings. The van der Waals surface area contributed by atoms with E-state index in [2.05, 4.69) is 20.5 Å². The lowest BCUT2D eigenvalue weighted by molar-refractivity contribution is -0.125. The third kappa shape index (κ3) is 6.27. The van der Waals surface area contributed by atoms with Crippen molar-refractivity contribution >= 4 is 35.0 Å². The number of carbonyl (C=O) groups excluding carboxylic acids is 2. The summed E-state index contributed by atoms with van der Waals surface area (Å²) in [5, 5.41) is 6.34. The van der Waals surface area contributed by atoms with Crippen molar-refractivity contribution in [2.24, 2.45) is 5.41 Å². The Morgan fingerprint density at radius 2 is 1.97 bits per heavy atom. The van der Waals surface area contributed by atoms with Crippen LogP contribution in [0, 0.1) is 5.41 Å². The maximum atomic E-state index is 13.2. The third-order valence-electron chi connectivity index (χ3n) is 7.81. The average molecular weight is 539 g/mol. The minimum absolute atomic E-state index is 0.0343. The lowest BCUT2D eigenvalue weighted by Crippen LogP contribution is -2.45.